The van der Waals surface area contributed by atoms with Gasteiger partial charge in [-0.2, -0.15) is 0 Å². The smallest absolute Gasteiger partial charge is 0.0147 e. The average Bonchev–Trinajstić information content (AvgIpc) is 2.48. The molecule has 0 aromatic heterocycles. The van der Waals surface area contributed by atoms with E-state index in [1.807, 2.05) is 0 Å². The lowest BCUT2D eigenvalue weighted by Crippen LogP contribution is -2.30. The second-order valence-corrected chi connectivity index (χ2v) is 6.55. The Kier molecular flexibility index (Phi) is 9.06. The Morgan fingerprint density at radius 1 is 0.842 bits per heavy atom. The first kappa shape index (κ1) is 17.2. The van der Waals surface area contributed by atoms with Crippen molar-refractivity contribution in [1.82, 2.24) is 0 Å². The lowest BCUT2D eigenvalue weighted by Gasteiger charge is -2.31. The topological polar surface area (TPSA) is 0 Å². The number of unbranched alkanes of at least 4 members (excludes halogenated alkanes) is 5. The molecule has 1 aromatic rings. The lowest BCUT2D eigenvalue weighted by atomic mass is 9.80. The zero-order valence-corrected chi connectivity index (χ0v) is 15.2. The van der Waals surface area contributed by atoms with E-state index in [4.69, 9.17) is 0 Å². The molecule has 0 bridgehead atoms. The van der Waals surface area contributed by atoms with E-state index in [1.54, 1.807) is 0 Å². The molecule has 0 saturated carbocycles. The summed E-state index contributed by atoms with van der Waals surface area (Å²) in [5.41, 5.74) is 1.71. The summed E-state index contributed by atoms with van der Waals surface area (Å²) in [5.74, 6) is 0. The van der Waals surface area contributed by atoms with E-state index in [-0.39, 0.29) is 5.41 Å². The fraction of sp³-hybridized carbons (Fsp3) is 0.647. The maximum atomic E-state index is 3.73. The third-order valence-electron chi connectivity index (χ3n) is 3.91. The van der Waals surface area contributed by atoms with Crippen molar-refractivity contribution in [2.75, 3.05) is 10.7 Å². The molecule has 0 amide bonds. The fourth-order valence-electron chi connectivity index (χ4n) is 2.50. The van der Waals surface area contributed by atoms with Crippen LogP contribution in [-0.2, 0) is 5.41 Å². The number of halogens is 2. The van der Waals surface area contributed by atoms with Crippen molar-refractivity contribution in [3.05, 3.63) is 35.9 Å². The molecule has 0 heterocycles. The number of hydrogen-bond acceptors (Lipinski definition) is 0. The Labute approximate surface area is 135 Å². The van der Waals surface area contributed by atoms with E-state index in [9.17, 15) is 0 Å². The molecule has 0 spiro atoms. The molecular formula is C17H26Br2. The largest absolute Gasteiger partial charge is 0.0918 e. The number of rotatable bonds is 10. The minimum absolute atomic E-state index is 0.256. The van der Waals surface area contributed by atoms with Crippen LogP contribution < -0.4 is 0 Å². The number of alkyl halides is 2. The molecule has 0 aliphatic carbocycles. The van der Waals surface area contributed by atoms with Gasteiger partial charge in [0.25, 0.3) is 0 Å². The first-order valence-corrected chi connectivity index (χ1v) is 9.71. The highest BCUT2D eigenvalue weighted by molar-refractivity contribution is 9.09. The molecule has 108 valence electrons. The van der Waals surface area contributed by atoms with Gasteiger partial charge in [0.2, 0.25) is 0 Å². The van der Waals surface area contributed by atoms with Gasteiger partial charge in [0.15, 0.2) is 0 Å². The maximum absolute atomic E-state index is 3.73. The van der Waals surface area contributed by atoms with Crippen molar-refractivity contribution in [2.45, 2.75) is 57.3 Å². The maximum Gasteiger partial charge on any atom is 0.0147 e. The third-order valence-corrected chi connectivity index (χ3v) is 6.05. The summed E-state index contributed by atoms with van der Waals surface area (Å²) in [6.07, 6.45) is 9.47. The van der Waals surface area contributed by atoms with Crippen LogP contribution in [0.15, 0.2) is 30.3 Å². The van der Waals surface area contributed by atoms with Crippen molar-refractivity contribution in [3.8, 4) is 0 Å². The van der Waals surface area contributed by atoms with Crippen LogP contribution in [0, 0.1) is 0 Å². The SMILES string of the molecule is CCCCCCCCC(CBr)(CBr)c1ccccc1. The van der Waals surface area contributed by atoms with E-state index >= 15 is 0 Å². The predicted octanol–water partition coefficient (Wildman–Crippen LogP) is 6.46. The monoisotopic (exact) mass is 388 g/mol. The highest BCUT2D eigenvalue weighted by Gasteiger charge is 2.29. The summed E-state index contributed by atoms with van der Waals surface area (Å²) < 4.78 is 0. The minimum atomic E-state index is 0.256. The Bertz CT molecular complexity index is 317. The Morgan fingerprint density at radius 3 is 2.00 bits per heavy atom. The zero-order valence-electron chi connectivity index (χ0n) is 12.0. The van der Waals surface area contributed by atoms with Gasteiger partial charge in [-0.1, -0.05) is 108 Å². The van der Waals surface area contributed by atoms with Gasteiger partial charge in [-0.25, -0.2) is 0 Å². The molecule has 0 unspecified atom stereocenters. The van der Waals surface area contributed by atoms with Gasteiger partial charge in [-0.15, -0.1) is 0 Å². The molecule has 0 aliphatic heterocycles. The van der Waals surface area contributed by atoms with Crippen molar-refractivity contribution in [3.63, 3.8) is 0 Å². The highest BCUT2D eigenvalue weighted by atomic mass is 79.9. The minimum Gasteiger partial charge on any atom is -0.0918 e. The first-order valence-electron chi connectivity index (χ1n) is 7.46. The summed E-state index contributed by atoms with van der Waals surface area (Å²) >= 11 is 7.47. The Hall–Kier alpha value is 0.180. The van der Waals surface area contributed by atoms with Gasteiger partial charge in [0.1, 0.15) is 0 Å². The summed E-state index contributed by atoms with van der Waals surface area (Å²) in [5, 5.41) is 2.06. The van der Waals surface area contributed by atoms with E-state index in [1.165, 1.54) is 50.5 Å². The lowest BCUT2D eigenvalue weighted by molar-refractivity contribution is 0.461. The second-order valence-electron chi connectivity index (χ2n) is 5.43. The van der Waals surface area contributed by atoms with Crippen LogP contribution in [0.1, 0.15) is 57.4 Å². The van der Waals surface area contributed by atoms with Crippen LogP contribution in [0.25, 0.3) is 0 Å². The van der Waals surface area contributed by atoms with Crippen LogP contribution in [0.3, 0.4) is 0 Å². The fourth-order valence-corrected chi connectivity index (χ4v) is 4.64. The molecule has 0 fully saturated rings. The molecule has 1 aromatic carbocycles. The van der Waals surface area contributed by atoms with E-state index < -0.39 is 0 Å². The summed E-state index contributed by atoms with van der Waals surface area (Å²) in [4.78, 5) is 0. The number of hydrogen-bond donors (Lipinski definition) is 0. The van der Waals surface area contributed by atoms with Gasteiger partial charge in [0, 0.05) is 16.1 Å². The van der Waals surface area contributed by atoms with E-state index in [0.29, 0.717) is 0 Å². The van der Waals surface area contributed by atoms with Crippen molar-refractivity contribution in [2.24, 2.45) is 0 Å². The summed E-state index contributed by atoms with van der Waals surface area (Å²) in [6, 6.07) is 10.9. The van der Waals surface area contributed by atoms with Crippen LogP contribution in [0.2, 0.25) is 0 Å². The van der Waals surface area contributed by atoms with Crippen LogP contribution >= 0.6 is 31.9 Å². The van der Waals surface area contributed by atoms with E-state index in [2.05, 4.69) is 69.1 Å². The third kappa shape index (κ3) is 5.59. The van der Waals surface area contributed by atoms with Gasteiger partial charge >= 0.3 is 0 Å². The molecule has 0 atom stereocenters. The molecule has 1 rings (SSSR count). The quantitative estimate of drug-likeness (QED) is 0.318. The molecule has 19 heavy (non-hydrogen) atoms. The molecule has 0 nitrogen and oxygen atoms in total. The zero-order chi connectivity index (χ0) is 14.0. The normalized spacial score (nSPS) is 11.7. The standard InChI is InChI=1S/C17H26Br2/c1-2-3-4-5-6-10-13-17(14-18,15-19)16-11-8-7-9-12-16/h7-9,11-12H,2-6,10,13-15H2,1H3. The average molecular weight is 390 g/mol. The molecule has 2 heteroatoms. The second kappa shape index (κ2) is 9.99. The number of benzene rings is 1. The van der Waals surface area contributed by atoms with Gasteiger partial charge in [-0.05, 0) is 12.0 Å². The van der Waals surface area contributed by atoms with Crippen LogP contribution in [0.5, 0.6) is 0 Å². The molecule has 0 aliphatic rings. The Balaban J connectivity index is 2.48. The predicted molar refractivity (Wildman–Crippen MR) is 93.7 cm³/mol. The molecule has 0 radical (unpaired) electrons. The summed E-state index contributed by atoms with van der Waals surface area (Å²) in [6.45, 7) is 2.27. The van der Waals surface area contributed by atoms with E-state index in [0.717, 1.165) is 10.7 Å². The molecule has 0 N–H and O–H groups in total. The van der Waals surface area contributed by atoms with Gasteiger partial charge in [0.05, 0.1) is 0 Å². The molecular weight excluding hydrogens is 364 g/mol. The highest BCUT2D eigenvalue weighted by Crippen LogP contribution is 2.34. The van der Waals surface area contributed by atoms with Gasteiger partial charge < -0.3 is 0 Å². The summed E-state index contributed by atoms with van der Waals surface area (Å²) in [7, 11) is 0. The van der Waals surface area contributed by atoms with Crippen molar-refractivity contribution in [1.29, 1.82) is 0 Å². The van der Waals surface area contributed by atoms with Crippen molar-refractivity contribution < 1.29 is 0 Å². The first-order chi connectivity index (χ1) is 9.29. The molecule has 0 saturated heterocycles. The van der Waals surface area contributed by atoms with Crippen LogP contribution in [-0.4, -0.2) is 10.7 Å². The van der Waals surface area contributed by atoms with Crippen LogP contribution in [0.4, 0.5) is 0 Å². The Morgan fingerprint density at radius 2 is 1.42 bits per heavy atom. The van der Waals surface area contributed by atoms with Crippen molar-refractivity contribution >= 4 is 31.9 Å². The van der Waals surface area contributed by atoms with Gasteiger partial charge in [-0.3, -0.25) is 0 Å².